The molecule has 0 bridgehead atoms. The average Bonchev–Trinajstić information content (AvgIpc) is 3.76. The summed E-state index contributed by atoms with van der Waals surface area (Å²) in [6, 6.07) is 69.9. The van der Waals surface area contributed by atoms with E-state index in [1.165, 1.54) is 43.6 Å². The maximum Gasteiger partial charge on any atom is 0.136 e. The lowest BCUT2D eigenvalue weighted by molar-refractivity contribution is 0.669. The molecule has 53 heavy (non-hydrogen) atoms. The summed E-state index contributed by atoms with van der Waals surface area (Å²) in [7, 11) is 0. The van der Waals surface area contributed by atoms with E-state index in [1.54, 1.807) is 0 Å². The Hall–Kier alpha value is -7.10. The van der Waals surface area contributed by atoms with Crippen molar-refractivity contribution < 1.29 is 4.42 Å². The minimum atomic E-state index is 0.909. The molecule has 0 aliphatic carbocycles. The van der Waals surface area contributed by atoms with Gasteiger partial charge in [0.15, 0.2) is 0 Å². The van der Waals surface area contributed by atoms with Crippen molar-refractivity contribution in [3.05, 3.63) is 194 Å². The molecule has 11 rings (SSSR count). The van der Waals surface area contributed by atoms with Crippen LogP contribution in [0.3, 0.4) is 0 Å². The van der Waals surface area contributed by atoms with Crippen molar-refractivity contribution in [2.75, 3.05) is 4.90 Å². The van der Waals surface area contributed by atoms with Gasteiger partial charge in [-0.1, -0.05) is 115 Å². The van der Waals surface area contributed by atoms with Crippen LogP contribution >= 0.6 is 0 Å². The molecule has 0 unspecified atom stereocenters. The monoisotopic (exact) mass is 676 g/mol. The van der Waals surface area contributed by atoms with Crippen LogP contribution in [0, 0.1) is 0 Å². The van der Waals surface area contributed by atoms with Crippen LogP contribution < -0.4 is 4.90 Å². The fraction of sp³-hybridized carbons (Fsp3) is 0. The zero-order chi connectivity index (χ0) is 34.9. The number of fused-ring (bicyclic) bond motifs is 9. The third-order valence-corrected chi connectivity index (χ3v) is 10.7. The van der Waals surface area contributed by atoms with Gasteiger partial charge < -0.3 is 13.9 Å². The fourth-order valence-corrected chi connectivity index (χ4v) is 8.24. The molecule has 3 heteroatoms. The van der Waals surface area contributed by atoms with Crippen molar-refractivity contribution in [1.29, 1.82) is 0 Å². The fourth-order valence-electron chi connectivity index (χ4n) is 8.24. The molecule has 0 atom stereocenters. The summed E-state index contributed by atoms with van der Waals surface area (Å²) < 4.78 is 8.74. The highest BCUT2D eigenvalue weighted by Crippen LogP contribution is 2.44. The Kier molecular flexibility index (Phi) is 6.55. The number of benzene rings is 9. The number of para-hydroxylation sites is 2. The van der Waals surface area contributed by atoms with Crippen LogP contribution in [0.25, 0.3) is 82.1 Å². The Balaban J connectivity index is 1.19. The topological polar surface area (TPSA) is 21.3 Å². The molecular weight excluding hydrogens is 645 g/mol. The van der Waals surface area contributed by atoms with Gasteiger partial charge in [-0.05, 0) is 112 Å². The van der Waals surface area contributed by atoms with E-state index in [9.17, 15) is 0 Å². The van der Waals surface area contributed by atoms with Crippen molar-refractivity contribution >= 4 is 82.4 Å². The summed E-state index contributed by atoms with van der Waals surface area (Å²) in [4.78, 5) is 2.39. The molecule has 9 aromatic carbocycles. The summed E-state index contributed by atoms with van der Waals surface area (Å²) in [5.41, 5.74) is 11.0. The predicted molar refractivity (Wildman–Crippen MR) is 223 cm³/mol. The summed E-state index contributed by atoms with van der Waals surface area (Å²) in [5, 5.41) is 9.50. The van der Waals surface area contributed by atoms with Crippen molar-refractivity contribution in [3.8, 4) is 16.8 Å². The second kappa shape index (κ2) is 11.7. The van der Waals surface area contributed by atoms with Crippen molar-refractivity contribution in [1.82, 2.24) is 4.57 Å². The van der Waals surface area contributed by atoms with Gasteiger partial charge in [0.05, 0.1) is 11.0 Å². The maximum atomic E-state index is 6.34. The van der Waals surface area contributed by atoms with Gasteiger partial charge in [-0.3, -0.25) is 0 Å². The normalized spacial score (nSPS) is 11.8. The first-order chi connectivity index (χ1) is 26.3. The summed E-state index contributed by atoms with van der Waals surface area (Å²) in [5.74, 6) is 0. The van der Waals surface area contributed by atoms with E-state index in [2.05, 4.69) is 198 Å². The molecule has 0 saturated heterocycles. The molecule has 248 valence electrons. The van der Waals surface area contributed by atoms with Gasteiger partial charge in [0.1, 0.15) is 11.2 Å². The highest BCUT2D eigenvalue weighted by atomic mass is 16.3. The molecule has 0 radical (unpaired) electrons. The first kappa shape index (κ1) is 29.6. The van der Waals surface area contributed by atoms with E-state index in [-0.39, 0.29) is 0 Å². The number of aromatic nitrogens is 1. The van der Waals surface area contributed by atoms with Crippen LogP contribution in [0.5, 0.6) is 0 Å². The molecule has 0 aliphatic heterocycles. The van der Waals surface area contributed by atoms with Crippen LogP contribution in [-0.4, -0.2) is 4.57 Å². The van der Waals surface area contributed by atoms with Gasteiger partial charge in [0.25, 0.3) is 0 Å². The zero-order valence-electron chi connectivity index (χ0n) is 28.8. The van der Waals surface area contributed by atoms with E-state index in [0.717, 1.165) is 55.6 Å². The molecule has 0 amide bonds. The summed E-state index contributed by atoms with van der Waals surface area (Å²) >= 11 is 0. The third kappa shape index (κ3) is 4.75. The first-order valence-electron chi connectivity index (χ1n) is 18.1. The zero-order valence-corrected chi connectivity index (χ0v) is 28.8. The molecule has 2 aromatic heterocycles. The van der Waals surface area contributed by atoms with Crippen molar-refractivity contribution in [2.45, 2.75) is 0 Å². The number of hydrogen-bond donors (Lipinski definition) is 0. The van der Waals surface area contributed by atoms with Crippen molar-refractivity contribution in [2.24, 2.45) is 0 Å². The lowest BCUT2D eigenvalue weighted by Crippen LogP contribution is -2.10. The van der Waals surface area contributed by atoms with Gasteiger partial charge in [0, 0.05) is 44.3 Å². The van der Waals surface area contributed by atoms with Crippen LogP contribution in [0.2, 0.25) is 0 Å². The molecule has 0 fully saturated rings. The Morgan fingerprint density at radius 3 is 1.85 bits per heavy atom. The molecule has 2 heterocycles. The van der Waals surface area contributed by atoms with Crippen LogP contribution in [0.1, 0.15) is 0 Å². The van der Waals surface area contributed by atoms with Crippen LogP contribution in [0.15, 0.2) is 199 Å². The second-order valence-corrected chi connectivity index (χ2v) is 13.8. The number of furan rings is 1. The number of nitrogens with zero attached hydrogens (tertiary/aromatic N) is 2. The number of rotatable bonds is 5. The van der Waals surface area contributed by atoms with Gasteiger partial charge >= 0.3 is 0 Å². The highest BCUT2D eigenvalue weighted by molar-refractivity contribution is 6.25. The predicted octanol–water partition coefficient (Wildman–Crippen LogP) is 14.1. The maximum absolute atomic E-state index is 6.34. The number of hydrogen-bond acceptors (Lipinski definition) is 2. The van der Waals surface area contributed by atoms with E-state index in [1.807, 2.05) is 6.07 Å². The summed E-state index contributed by atoms with van der Waals surface area (Å²) in [6.07, 6.45) is 0. The van der Waals surface area contributed by atoms with Crippen LogP contribution in [-0.2, 0) is 0 Å². The molecule has 11 aromatic rings. The highest BCUT2D eigenvalue weighted by Gasteiger charge is 2.20. The SMILES string of the molecule is c1ccc(-c2ccc(N(c3ccc4ccccc4c3)c3ccc4c(c3)c3c5cc6c(cc5ccc3n4-c3ccccc3)oc3ccccc36)cc2)cc1. The smallest absolute Gasteiger partial charge is 0.136 e. The number of anilines is 3. The van der Waals surface area contributed by atoms with Gasteiger partial charge in [-0.2, -0.15) is 0 Å². The standard InChI is InChI=1S/C50H32N2O/c1-3-11-33(12-4-1)35-19-23-39(24-20-35)51(40-25-21-34-13-7-8-14-36(34)29-40)41-26-28-46-45(31-41)50-43-32-44-42-17-9-10-18-48(42)53-49(44)30-37(43)22-27-47(50)52(46)38-15-5-2-6-16-38/h1-32H. The molecule has 3 nitrogen and oxygen atoms in total. The third-order valence-electron chi connectivity index (χ3n) is 10.7. The van der Waals surface area contributed by atoms with Crippen molar-refractivity contribution in [3.63, 3.8) is 0 Å². The quantitative estimate of drug-likeness (QED) is 0.181. The van der Waals surface area contributed by atoms with Gasteiger partial charge in [0.2, 0.25) is 0 Å². The lowest BCUT2D eigenvalue weighted by atomic mass is 10.0. The Bertz CT molecular complexity index is 3160. The average molecular weight is 677 g/mol. The minimum absolute atomic E-state index is 0.909. The van der Waals surface area contributed by atoms with Gasteiger partial charge in [-0.25, -0.2) is 0 Å². The Morgan fingerprint density at radius 2 is 1.00 bits per heavy atom. The lowest BCUT2D eigenvalue weighted by Gasteiger charge is -2.26. The summed E-state index contributed by atoms with van der Waals surface area (Å²) in [6.45, 7) is 0. The molecule has 0 saturated carbocycles. The van der Waals surface area contributed by atoms with Crippen LogP contribution in [0.4, 0.5) is 17.1 Å². The second-order valence-electron chi connectivity index (χ2n) is 13.8. The Labute approximate surface area is 306 Å². The van der Waals surface area contributed by atoms with E-state index < -0.39 is 0 Å². The van der Waals surface area contributed by atoms with E-state index in [0.29, 0.717) is 0 Å². The molecular formula is C50H32N2O. The molecule has 0 N–H and O–H groups in total. The Morgan fingerprint density at radius 1 is 0.358 bits per heavy atom. The molecule has 0 spiro atoms. The largest absolute Gasteiger partial charge is 0.456 e. The van der Waals surface area contributed by atoms with E-state index >= 15 is 0 Å². The molecule has 0 aliphatic rings. The van der Waals surface area contributed by atoms with Gasteiger partial charge in [-0.15, -0.1) is 0 Å². The minimum Gasteiger partial charge on any atom is -0.456 e. The van der Waals surface area contributed by atoms with E-state index in [4.69, 9.17) is 4.42 Å². The first-order valence-corrected chi connectivity index (χ1v) is 18.1.